The molecule has 2 rings (SSSR count). The van der Waals surface area contributed by atoms with Crippen LogP contribution in [0.25, 0.3) is 0 Å². The van der Waals surface area contributed by atoms with E-state index < -0.39 is 27.9 Å². The third kappa shape index (κ3) is 9.31. The quantitative estimate of drug-likeness (QED) is 0.188. The molecule has 6 nitrogen and oxygen atoms in total. The average molecular weight is 531 g/mol. The van der Waals surface area contributed by atoms with Crippen LogP contribution in [0.15, 0.2) is 48.5 Å². The van der Waals surface area contributed by atoms with Crippen molar-refractivity contribution in [2.24, 2.45) is 5.41 Å². The lowest BCUT2D eigenvalue weighted by atomic mass is 9.86. The van der Waals surface area contributed by atoms with Gasteiger partial charge in [0.2, 0.25) is 0 Å². The molecule has 2 aromatic carbocycles. The Kier molecular flexibility index (Phi) is 9.50. The molecule has 0 aliphatic carbocycles. The van der Waals surface area contributed by atoms with Crippen molar-refractivity contribution in [1.29, 1.82) is 0 Å². The Morgan fingerprint density at radius 3 is 1.72 bits per heavy atom. The third-order valence-corrected chi connectivity index (χ3v) is 12.0. The normalized spacial score (nSPS) is 12.8. The van der Waals surface area contributed by atoms with Gasteiger partial charge in [0.1, 0.15) is 17.1 Å². The van der Waals surface area contributed by atoms with Crippen LogP contribution in [-0.2, 0) is 4.12 Å². The van der Waals surface area contributed by atoms with Gasteiger partial charge in [-0.2, -0.15) is 0 Å². The van der Waals surface area contributed by atoms with E-state index in [1.165, 1.54) is 13.8 Å². The van der Waals surface area contributed by atoms with Gasteiger partial charge in [-0.1, -0.05) is 20.8 Å². The van der Waals surface area contributed by atoms with Crippen LogP contribution in [0, 0.1) is 5.41 Å². The fourth-order valence-corrected chi connectivity index (χ4v) is 11.5. The topological polar surface area (TPSA) is 82.1 Å². The number of ether oxygens (including phenoxy) is 1. The molecule has 36 heavy (non-hydrogen) atoms. The Balaban J connectivity index is 1.84. The summed E-state index contributed by atoms with van der Waals surface area (Å²) in [4.78, 5) is 24.6. The number of hydrogen-bond acceptors (Lipinski definition) is 6. The number of Topliss-reactive ketones (excluding diaryl/α,β-unsaturated/α-hetero) is 2. The summed E-state index contributed by atoms with van der Waals surface area (Å²) >= 11 is 0. The van der Waals surface area contributed by atoms with Crippen LogP contribution in [0.4, 0.5) is 0 Å². The van der Waals surface area contributed by atoms with Crippen LogP contribution in [-0.4, -0.2) is 45.8 Å². The average Bonchev–Trinajstić information content (AvgIpc) is 2.74. The highest BCUT2D eigenvalue weighted by Gasteiger charge is 2.36. The summed E-state index contributed by atoms with van der Waals surface area (Å²) in [7, 11) is -4.47. The van der Waals surface area contributed by atoms with Crippen LogP contribution < -0.4 is 9.16 Å². The molecule has 198 valence electrons. The van der Waals surface area contributed by atoms with Gasteiger partial charge >= 0.3 is 8.56 Å². The SMILES string of the molecule is CC(C)(C)C(=O)c1ccc(OCCC[Si](C)(C)O[Si](C)(C)Oc2ccc(C(=O)C(C)(C)O)cc2)cc1. The predicted molar refractivity (Wildman–Crippen MR) is 149 cm³/mol. The molecule has 0 fully saturated rings. The standard InChI is InChI=1S/C28H42O6Si2/c1-27(2,3)25(29)21-11-15-23(16-12-21)32-19-10-20-35(6,7)34-36(8,9)33-24-17-13-22(14-18-24)26(30)28(4,5)31/h11-18,31H,10,19-20H2,1-9H3. The van der Waals surface area contributed by atoms with Crippen molar-refractivity contribution < 1.29 is 28.0 Å². The zero-order valence-electron chi connectivity index (χ0n) is 23.2. The number of rotatable bonds is 12. The van der Waals surface area contributed by atoms with Gasteiger partial charge < -0.3 is 18.4 Å². The summed E-state index contributed by atoms with van der Waals surface area (Å²) in [6.45, 7) is 17.7. The molecule has 0 radical (unpaired) electrons. The molecule has 0 atom stereocenters. The molecule has 0 saturated heterocycles. The second-order valence-electron chi connectivity index (χ2n) is 11.8. The molecule has 1 N–H and O–H groups in total. The Morgan fingerprint density at radius 2 is 1.25 bits per heavy atom. The molecule has 0 heterocycles. The van der Waals surface area contributed by atoms with Crippen LogP contribution in [0.5, 0.6) is 11.5 Å². The molecule has 0 saturated carbocycles. The maximum atomic E-state index is 12.4. The van der Waals surface area contributed by atoms with Gasteiger partial charge in [-0.25, -0.2) is 0 Å². The highest BCUT2D eigenvalue weighted by molar-refractivity contribution is 6.82. The van der Waals surface area contributed by atoms with E-state index in [-0.39, 0.29) is 11.6 Å². The monoisotopic (exact) mass is 530 g/mol. The van der Waals surface area contributed by atoms with Gasteiger partial charge in [-0.15, -0.1) is 0 Å². The molecule has 0 aromatic heterocycles. The number of aliphatic hydroxyl groups is 1. The van der Waals surface area contributed by atoms with E-state index in [2.05, 4.69) is 13.1 Å². The molecule has 0 unspecified atom stereocenters. The lowest BCUT2D eigenvalue weighted by Gasteiger charge is -2.33. The van der Waals surface area contributed by atoms with Crippen molar-refractivity contribution in [2.45, 2.75) is 78.9 Å². The smallest absolute Gasteiger partial charge is 0.382 e. The van der Waals surface area contributed by atoms with E-state index in [1.807, 2.05) is 58.1 Å². The lowest BCUT2D eigenvalue weighted by Crippen LogP contribution is -2.48. The first-order chi connectivity index (χ1) is 16.4. The van der Waals surface area contributed by atoms with E-state index in [1.54, 1.807) is 24.3 Å². The minimum atomic E-state index is -2.46. The number of ketones is 2. The van der Waals surface area contributed by atoms with Gasteiger partial charge in [-0.05, 0) is 101 Å². The summed E-state index contributed by atoms with van der Waals surface area (Å²) in [5.41, 5.74) is -0.671. The van der Waals surface area contributed by atoms with Crippen molar-refractivity contribution in [1.82, 2.24) is 0 Å². The first-order valence-corrected chi connectivity index (χ1v) is 18.4. The fraction of sp³-hybridized carbons (Fsp3) is 0.500. The minimum Gasteiger partial charge on any atom is -0.521 e. The van der Waals surface area contributed by atoms with Gasteiger partial charge in [0.15, 0.2) is 19.9 Å². The molecular weight excluding hydrogens is 488 g/mol. The highest BCUT2D eigenvalue weighted by atomic mass is 28.4. The Labute approximate surface area is 218 Å². The largest absolute Gasteiger partial charge is 0.521 e. The maximum Gasteiger partial charge on any atom is 0.382 e. The summed E-state index contributed by atoms with van der Waals surface area (Å²) in [6.07, 6.45) is 0.861. The number of hydrogen-bond donors (Lipinski definition) is 1. The number of benzene rings is 2. The van der Waals surface area contributed by atoms with Crippen molar-refractivity contribution in [3.8, 4) is 11.5 Å². The molecule has 0 amide bonds. The molecule has 8 heteroatoms. The predicted octanol–water partition coefficient (Wildman–Crippen LogP) is 6.64. The van der Waals surface area contributed by atoms with Crippen LogP contribution >= 0.6 is 0 Å². The van der Waals surface area contributed by atoms with Crippen molar-refractivity contribution >= 4 is 28.4 Å². The van der Waals surface area contributed by atoms with E-state index in [4.69, 9.17) is 13.3 Å². The Bertz CT molecular complexity index is 1030. The second-order valence-corrected chi connectivity index (χ2v) is 19.7. The van der Waals surface area contributed by atoms with Gasteiger partial charge in [0.05, 0.1) is 6.61 Å². The fourth-order valence-electron chi connectivity index (χ4n) is 3.87. The van der Waals surface area contributed by atoms with Crippen LogP contribution in [0.2, 0.25) is 32.2 Å². The molecular formula is C28H42O6Si2. The third-order valence-electron chi connectivity index (χ3n) is 5.55. The number of carbonyl (C=O) groups excluding carboxylic acids is 2. The zero-order chi connectivity index (χ0) is 27.4. The number of carbonyl (C=O) groups is 2. The van der Waals surface area contributed by atoms with Gasteiger partial charge in [0.25, 0.3) is 0 Å². The Hall–Kier alpha value is -2.27. The van der Waals surface area contributed by atoms with E-state index >= 15 is 0 Å². The molecule has 0 aliphatic heterocycles. The summed E-state index contributed by atoms with van der Waals surface area (Å²) in [5, 5.41) is 9.92. The van der Waals surface area contributed by atoms with Crippen LogP contribution in [0.1, 0.15) is 61.8 Å². The Morgan fingerprint density at radius 1 is 0.778 bits per heavy atom. The van der Waals surface area contributed by atoms with Crippen molar-refractivity contribution in [3.63, 3.8) is 0 Å². The van der Waals surface area contributed by atoms with E-state index in [9.17, 15) is 14.7 Å². The van der Waals surface area contributed by atoms with E-state index in [0.29, 0.717) is 23.5 Å². The van der Waals surface area contributed by atoms with Crippen molar-refractivity contribution in [3.05, 3.63) is 59.7 Å². The minimum absolute atomic E-state index is 0.117. The molecule has 0 spiro atoms. The van der Waals surface area contributed by atoms with Gasteiger partial charge in [0, 0.05) is 16.5 Å². The molecule has 0 aliphatic rings. The summed E-state index contributed by atoms with van der Waals surface area (Å²) in [5.74, 6) is 1.20. The van der Waals surface area contributed by atoms with Crippen molar-refractivity contribution in [2.75, 3.05) is 6.61 Å². The maximum absolute atomic E-state index is 12.4. The highest BCUT2D eigenvalue weighted by Crippen LogP contribution is 2.26. The second kappa shape index (κ2) is 11.4. The van der Waals surface area contributed by atoms with Crippen LogP contribution in [0.3, 0.4) is 0 Å². The van der Waals surface area contributed by atoms with E-state index in [0.717, 1.165) is 18.2 Å². The first kappa shape index (κ1) is 30.0. The molecule has 2 aromatic rings. The summed E-state index contributed by atoms with van der Waals surface area (Å²) < 4.78 is 18.6. The molecule has 0 bridgehead atoms. The summed E-state index contributed by atoms with van der Waals surface area (Å²) in [6, 6.07) is 15.1. The lowest BCUT2D eigenvalue weighted by molar-refractivity contribution is 0.0488. The zero-order valence-corrected chi connectivity index (χ0v) is 25.2. The van der Waals surface area contributed by atoms with Gasteiger partial charge in [-0.3, -0.25) is 9.59 Å². The first-order valence-electron chi connectivity index (χ1n) is 12.4.